The van der Waals surface area contributed by atoms with Crippen LogP contribution in [0.25, 0.3) is 0 Å². The topological polar surface area (TPSA) is 49.6 Å². The van der Waals surface area contributed by atoms with Gasteiger partial charge in [0.25, 0.3) is 0 Å². The molecule has 2 atom stereocenters. The van der Waals surface area contributed by atoms with Gasteiger partial charge in [-0.15, -0.1) is 11.8 Å². The van der Waals surface area contributed by atoms with Crippen molar-refractivity contribution in [3.8, 4) is 0 Å². The quantitative estimate of drug-likeness (QED) is 0.599. The second-order valence-electron chi connectivity index (χ2n) is 7.60. The summed E-state index contributed by atoms with van der Waals surface area (Å²) in [6.07, 6.45) is 0.994. The van der Waals surface area contributed by atoms with Crippen LogP contribution in [0.2, 0.25) is 0 Å². The Morgan fingerprint density at radius 1 is 1.00 bits per heavy atom. The molecule has 1 amide bonds. The van der Waals surface area contributed by atoms with Crippen LogP contribution in [0, 0.1) is 5.92 Å². The van der Waals surface area contributed by atoms with E-state index < -0.39 is 0 Å². The van der Waals surface area contributed by atoms with Gasteiger partial charge in [0.2, 0.25) is 5.91 Å². The van der Waals surface area contributed by atoms with Gasteiger partial charge in [0.05, 0.1) is 0 Å². The van der Waals surface area contributed by atoms with Crippen LogP contribution in [0.15, 0.2) is 71.8 Å². The Labute approximate surface area is 171 Å². The molecular formula is C23H27N3OS. The average Bonchev–Trinajstić information content (AvgIpc) is 3.54. The largest absolute Gasteiger partial charge is 0.399 e. The molecule has 1 heterocycles. The molecule has 1 aliphatic heterocycles. The first-order chi connectivity index (χ1) is 13.6. The highest BCUT2D eigenvalue weighted by molar-refractivity contribution is 7.99. The molecule has 2 N–H and O–H groups in total. The number of nitrogens with zero attached hydrogens (tertiary/aromatic N) is 2. The number of thioether (sulfide) groups is 1. The van der Waals surface area contributed by atoms with Crippen molar-refractivity contribution >= 4 is 23.4 Å². The van der Waals surface area contributed by atoms with Gasteiger partial charge in [-0.2, -0.15) is 0 Å². The van der Waals surface area contributed by atoms with Crippen molar-refractivity contribution in [2.45, 2.75) is 17.2 Å². The molecule has 2 aliphatic rings. The highest BCUT2D eigenvalue weighted by Gasteiger charge is 2.45. The second-order valence-corrected chi connectivity index (χ2v) is 8.64. The lowest BCUT2D eigenvalue weighted by molar-refractivity contribution is -0.134. The molecule has 1 saturated heterocycles. The van der Waals surface area contributed by atoms with Gasteiger partial charge in [-0.25, -0.2) is 0 Å². The first kappa shape index (κ1) is 18.9. The van der Waals surface area contributed by atoms with Crippen LogP contribution in [0.3, 0.4) is 0 Å². The number of carbonyl (C=O) groups excluding carboxylic acids is 1. The lowest BCUT2D eigenvalue weighted by atomic mass is 10.1. The Morgan fingerprint density at radius 3 is 2.32 bits per heavy atom. The molecule has 2 fully saturated rings. The maximum Gasteiger partial charge on any atom is 0.226 e. The van der Waals surface area contributed by atoms with Crippen LogP contribution in [0.4, 0.5) is 5.69 Å². The Bertz CT molecular complexity index is 829. The standard InChI is InChI=1S/C23H27N3OS/c1-17(16-28-20-9-7-19(24)8-10-20)25-11-13-26(14-12-25)23(27)22-15-21(22)18-5-3-2-4-6-18/h2-10,21-22H,1,11-16,24H2/t21-,22+/m0/s1. The Morgan fingerprint density at radius 2 is 1.64 bits per heavy atom. The van der Waals surface area contributed by atoms with Crippen molar-refractivity contribution in [2.75, 3.05) is 37.7 Å². The minimum absolute atomic E-state index is 0.179. The van der Waals surface area contributed by atoms with Crippen LogP contribution in [-0.4, -0.2) is 47.6 Å². The van der Waals surface area contributed by atoms with Crippen molar-refractivity contribution in [3.05, 3.63) is 72.4 Å². The number of amides is 1. The number of piperazine rings is 1. The van der Waals surface area contributed by atoms with Crippen LogP contribution in [0.5, 0.6) is 0 Å². The van der Waals surface area contributed by atoms with Gasteiger partial charge in [0.15, 0.2) is 0 Å². The monoisotopic (exact) mass is 393 g/mol. The van der Waals surface area contributed by atoms with Crippen molar-refractivity contribution in [3.63, 3.8) is 0 Å². The molecule has 1 saturated carbocycles. The predicted octanol–water partition coefficient (Wildman–Crippen LogP) is 3.82. The van der Waals surface area contributed by atoms with Crippen LogP contribution in [0.1, 0.15) is 17.9 Å². The molecule has 0 spiro atoms. The summed E-state index contributed by atoms with van der Waals surface area (Å²) >= 11 is 1.77. The third-order valence-corrected chi connectivity index (χ3v) is 6.74. The van der Waals surface area contributed by atoms with E-state index in [0.29, 0.717) is 11.8 Å². The lowest BCUT2D eigenvalue weighted by Crippen LogP contribution is -2.48. The summed E-state index contributed by atoms with van der Waals surface area (Å²) in [6, 6.07) is 18.4. The fourth-order valence-electron chi connectivity index (χ4n) is 3.84. The molecule has 0 radical (unpaired) electrons. The van der Waals surface area contributed by atoms with Gasteiger partial charge in [-0.05, 0) is 42.2 Å². The zero-order chi connectivity index (χ0) is 19.5. The molecule has 28 heavy (non-hydrogen) atoms. The van der Waals surface area contributed by atoms with E-state index in [4.69, 9.17) is 5.73 Å². The number of hydrogen-bond acceptors (Lipinski definition) is 4. The number of anilines is 1. The Hall–Kier alpha value is -2.40. The Kier molecular flexibility index (Phi) is 5.62. The van der Waals surface area contributed by atoms with E-state index in [-0.39, 0.29) is 5.92 Å². The molecule has 5 heteroatoms. The van der Waals surface area contributed by atoms with Gasteiger partial charge in [0, 0.05) is 54.1 Å². The predicted molar refractivity (Wildman–Crippen MR) is 116 cm³/mol. The van der Waals surface area contributed by atoms with Crippen molar-refractivity contribution in [2.24, 2.45) is 5.92 Å². The molecule has 0 unspecified atom stereocenters. The molecule has 4 rings (SSSR count). The SMILES string of the molecule is C=C(CSc1ccc(N)cc1)N1CCN(C(=O)[C@@H]2C[C@H]2c2ccccc2)CC1. The van der Waals surface area contributed by atoms with E-state index in [9.17, 15) is 4.79 Å². The first-order valence-corrected chi connectivity index (χ1v) is 10.8. The summed E-state index contributed by atoms with van der Waals surface area (Å²) in [7, 11) is 0. The summed E-state index contributed by atoms with van der Waals surface area (Å²) in [5.41, 5.74) is 8.95. The summed E-state index contributed by atoms with van der Waals surface area (Å²) in [6.45, 7) is 7.59. The molecule has 1 aliphatic carbocycles. The molecule has 4 nitrogen and oxygen atoms in total. The van der Waals surface area contributed by atoms with Gasteiger partial charge in [0.1, 0.15) is 0 Å². The van der Waals surface area contributed by atoms with E-state index in [2.05, 4.69) is 35.7 Å². The third-order valence-electron chi connectivity index (χ3n) is 5.66. The number of rotatable bonds is 6. The number of nitrogen functional groups attached to an aromatic ring is 1. The maximum atomic E-state index is 12.8. The maximum absolute atomic E-state index is 12.8. The van der Waals surface area contributed by atoms with Crippen LogP contribution in [-0.2, 0) is 4.79 Å². The molecule has 2 aromatic carbocycles. The number of benzene rings is 2. The number of nitrogens with two attached hydrogens (primary N) is 1. The lowest BCUT2D eigenvalue weighted by Gasteiger charge is -2.37. The molecule has 2 aromatic rings. The molecular weight excluding hydrogens is 366 g/mol. The van der Waals surface area contributed by atoms with E-state index in [1.54, 1.807) is 11.8 Å². The first-order valence-electron chi connectivity index (χ1n) is 9.86. The van der Waals surface area contributed by atoms with Crippen LogP contribution >= 0.6 is 11.8 Å². The summed E-state index contributed by atoms with van der Waals surface area (Å²) in [5.74, 6) is 1.78. The highest BCUT2D eigenvalue weighted by Crippen LogP contribution is 2.48. The zero-order valence-electron chi connectivity index (χ0n) is 16.1. The van der Waals surface area contributed by atoms with Crippen molar-refractivity contribution in [1.29, 1.82) is 0 Å². The minimum atomic E-state index is 0.179. The normalized spacial score (nSPS) is 21.4. The van der Waals surface area contributed by atoms with Gasteiger partial charge < -0.3 is 15.5 Å². The third kappa shape index (κ3) is 4.36. The molecule has 146 valence electrons. The zero-order valence-corrected chi connectivity index (χ0v) is 16.9. The number of hydrogen-bond donors (Lipinski definition) is 1. The fraction of sp³-hybridized carbons (Fsp3) is 0.348. The van der Waals surface area contributed by atoms with E-state index in [0.717, 1.165) is 49.7 Å². The van der Waals surface area contributed by atoms with Gasteiger partial charge in [-0.3, -0.25) is 4.79 Å². The van der Waals surface area contributed by atoms with Gasteiger partial charge in [-0.1, -0.05) is 36.9 Å². The highest BCUT2D eigenvalue weighted by atomic mass is 32.2. The van der Waals surface area contributed by atoms with Crippen LogP contribution < -0.4 is 5.73 Å². The van der Waals surface area contributed by atoms with E-state index >= 15 is 0 Å². The summed E-state index contributed by atoms with van der Waals surface area (Å²) in [5, 5.41) is 0. The van der Waals surface area contributed by atoms with E-state index in [1.807, 2.05) is 35.2 Å². The summed E-state index contributed by atoms with van der Waals surface area (Å²) in [4.78, 5) is 18.4. The molecule has 0 bridgehead atoms. The smallest absolute Gasteiger partial charge is 0.226 e. The average molecular weight is 394 g/mol. The van der Waals surface area contributed by atoms with Crippen molar-refractivity contribution in [1.82, 2.24) is 9.80 Å². The van der Waals surface area contributed by atoms with E-state index in [1.165, 1.54) is 10.5 Å². The van der Waals surface area contributed by atoms with Crippen molar-refractivity contribution < 1.29 is 4.79 Å². The van der Waals surface area contributed by atoms with Gasteiger partial charge >= 0.3 is 0 Å². The fourth-order valence-corrected chi connectivity index (χ4v) is 4.68. The second kappa shape index (κ2) is 8.31. The summed E-state index contributed by atoms with van der Waals surface area (Å²) < 4.78 is 0. The molecule has 0 aromatic heterocycles. The number of carbonyl (C=O) groups is 1. The Balaban J connectivity index is 1.22. The minimum Gasteiger partial charge on any atom is -0.399 e.